The third kappa shape index (κ3) is 4.71. The Labute approximate surface area is 202 Å². The smallest absolute Gasteiger partial charge is 0.254 e. The topological polar surface area (TPSA) is 105 Å². The predicted octanol–water partition coefficient (Wildman–Crippen LogP) is 2.67. The van der Waals surface area contributed by atoms with Gasteiger partial charge in [0.1, 0.15) is 6.33 Å². The van der Waals surface area contributed by atoms with Gasteiger partial charge in [-0.2, -0.15) is 0 Å². The molecule has 0 spiro atoms. The SMILES string of the molecule is COC[C@H]1CCCN1C(=O)[C@@H](C)[C@H]1CC[C@]2(C)CC[C@H](NC(=O)c3cncnc3)[C@H](C)[C@@H]2[C@H]1O. The highest BCUT2D eigenvalue weighted by Gasteiger charge is 2.54. The van der Waals surface area contributed by atoms with Crippen molar-refractivity contribution in [1.29, 1.82) is 0 Å². The minimum absolute atomic E-state index is 0.0153. The number of carbonyl (C=O) groups is 2. The van der Waals surface area contributed by atoms with Gasteiger partial charge in [-0.1, -0.05) is 20.8 Å². The zero-order chi connectivity index (χ0) is 24.5. The number of likely N-dealkylation sites (tertiary alicyclic amines) is 1. The van der Waals surface area contributed by atoms with Gasteiger partial charge in [0, 0.05) is 38.0 Å². The summed E-state index contributed by atoms with van der Waals surface area (Å²) in [5, 5.41) is 14.8. The summed E-state index contributed by atoms with van der Waals surface area (Å²) in [6, 6.07) is 0.107. The van der Waals surface area contributed by atoms with Crippen LogP contribution in [0, 0.1) is 29.1 Å². The molecule has 4 rings (SSSR count). The van der Waals surface area contributed by atoms with Gasteiger partial charge in [0.15, 0.2) is 0 Å². The van der Waals surface area contributed by atoms with E-state index in [-0.39, 0.29) is 53.0 Å². The van der Waals surface area contributed by atoms with Crippen molar-refractivity contribution < 1.29 is 19.4 Å². The first-order valence-electron chi connectivity index (χ1n) is 12.8. The summed E-state index contributed by atoms with van der Waals surface area (Å²) in [5.74, 6) is -0.218. The number of nitrogens with zero attached hydrogens (tertiary/aromatic N) is 3. The molecule has 2 N–H and O–H groups in total. The van der Waals surface area contributed by atoms with E-state index in [1.807, 2.05) is 11.8 Å². The molecule has 0 unspecified atom stereocenters. The maximum atomic E-state index is 13.5. The van der Waals surface area contributed by atoms with Crippen LogP contribution in [0.15, 0.2) is 18.7 Å². The summed E-state index contributed by atoms with van der Waals surface area (Å²) in [7, 11) is 1.68. The molecule has 1 saturated heterocycles. The molecule has 8 nitrogen and oxygen atoms in total. The zero-order valence-corrected chi connectivity index (χ0v) is 20.9. The van der Waals surface area contributed by atoms with E-state index in [1.165, 1.54) is 18.7 Å². The number of rotatable bonds is 6. The number of nitrogens with one attached hydrogen (secondary N) is 1. The van der Waals surface area contributed by atoms with Crippen LogP contribution in [0.4, 0.5) is 0 Å². The third-order valence-corrected chi connectivity index (χ3v) is 9.08. The number of hydrogen-bond acceptors (Lipinski definition) is 6. The molecule has 8 heteroatoms. The van der Waals surface area contributed by atoms with Crippen LogP contribution in [-0.4, -0.2) is 70.2 Å². The normalized spacial score (nSPS) is 36.6. The number of aliphatic hydroxyl groups excluding tert-OH is 1. The van der Waals surface area contributed by atoms with Crippen LogP contribution >= 0.6 is 0 Å². The van der Waals surface area contributed by atoms with Gasteiger partial charge in [-0.05, 0) is 61.7 Å². The van der Waals surface area contributed by atoms with Crippen molar-refractivity contribution in [2.75, 3.05) is 20.3 Å². The highest BCUT2D eigenvalue weighted by atomic mass is 16.5. The van der Waals surface area contributed by atoms with Crippen LogP contribution in [-0.2, 0) is 9.53 Å². The van der Waals surface area contributed by atoms with Crippen LogP contribution in [0.3, 0.4) is 0 Å². The van der Waals surface area contributed by atoms with Gasteiger partial charge in [0.05, 0.1) is 24.3 Å². The summed E-state index contributed by atoms with van der Waals surface area (Å²) < 4.78 is 5.34. The largest absolute Gasteiger partial charge is 0.392 e. The van der Waals surface area contributed by atoms with E-state index in [0.717, 1.165) is 45.1 Å². The zero-order valence-electron chi connectivity index (χ0n) is 20.9. The number of methoxy groups -OCH3 is 1. The molecule has 0 bridgehead atoms. The lowest BCUT2D eigenvalue weighted by molar-refractivity contribution is -0.151. The Bertz CT molecular complexity index is 868. The van der Waals surface area contributed by atoms with Crippen molar-refractivity contribution in [2.45, 2.75) is 77.5 Å². The second kappa shape index (κ2) is 10.3. The molecule has 2 aliphatic carbocycles. The summed E-state index contributed by atoms with van der Waals surface area (Å²) >= 11 is 0. The maximum Gasteiger partial charge on any atom is 0.254 e. The summed E-state index contributed by atoms with van der Waals surface area (Å²) in [5.41, 5.74) is 0.460. The Kier molecular flexibility index (Phi) is 7.57. The minimum Gasteiger partial charge on any atom is -0.392 e. The molecule has 2 heterocycles. The highest BCUT2D eigenvalue weighted by Crippen LogP contribution is 2.55. The second-order valence-electron chi connectivity index (χ2n) is 11.0. The van der Waals surface area contributed by atoms with Crippen molar-refractivity contribution in [3.63, 3.8) is 0 Å². The standard InChI is InChI=1S/C26H40N4O4/c1-16(25(33)30-11-5-6-19(30)14-34-4)20-7-9-26(3)10-8-21(17(2)22(26)23(20)31)29-24(32)18-12-27-15-28-13-18/h12-13,15-17,19-23,31H,5-11,14H2,1-4H3,(H,29,32)/t16-,17-,19+,20+,21-,22+,23-,26+/m0/s1. The fourth-order valence-electron chi connectivity index (χ4n) is 7.10. The number of hydrogen-bond donors (Lipinski definition) is 2. The van der Waals surface area contributed by atoms with Crippen LogP contribution in [0.5, 0.6) is 0 Å². The fraction of sp³-hybridized carbons (Fsp3) is 0.769. The van der Waals surface area contributed by atoms with Gasteiger partial charge in [0.2, 0.25) is 5.91 Å². The Morgan fingerprint density at radius 1 is 1.26 bits per heavy atom. The Hall–Kier alpha value is -2.06. The van der Waals surface area contributed by atoms with Gasteiger partial charge in [-0.15, -0.1) is 0 Å². The first-order chi connectivity index (χ1) is 16.3. The third-order valence-electron chi connectivity index (χ3n) is 9.08. The van der Waals surface area contributed by atoms with Crippen molar-refractivity contribution >= 4 is 11.8 Å². The van der Waals surface area contributed by atoms with E-state index >= 15 is 0 Å². The molecule has 0 aromatic carbocycles. The Morgan fingerprint density at radius 3 is 2.68 bits per heavy atom. The van der Waals surface area contributed by atoms with E-state index in [0.29, 0.717) is 12.2 Å². The Morgan fingerprint density at radius 2 is 1.97 bits per heavy atom. The number of fused-ring (bicyclic) bond motifs is 1. The fourth-order valence-corrected chi connectivity index (χ4v) is 7.10. The first-order valence-corrected chi connectivity index (χ1v) is 12.8. The first kappa shape index (κ1) is 25.0. The number of aromatic nitrogens is 2. The van der Waals surface area contributed by atoms with Crippen LogP contribution in [0.2, 0.25) is 0 Å². The van der Waals surface area contributed by atoms with Crippen LogP contribution in [0.1, 0.15) is 69.7 Å². The van der Waals surface area contributed by atoms with Crippen LogP contribution in [0.25, 0.3) is 0 Å². The van der Waals surface area contributed by atoms with Crippen molar-refractivity contribution in [2.24, 2.45) is 29.1 Å². The Balaban J connectivity index is 1.47. The van der Waals surface area contributed by atoms with Gasteiger partial charge in [-0.25, -0.2) is 9.97 Å². The van der Waals surface area contributed by atoms with E-state index in [2.05, 4.69) is 29.1 Å². The van der Waals surface area contributed by atoms with Gasteiger partial charge in [-0.3, -0.25) is 9.59 Å². The minimum atomic E-state index is -0.573. The van der Waals surface area contributed by atoms with E-state index < -0.39 is 6.10 Å². The molecule has 1 aromatic heterocycles. The lowest BCUT2D eigenvalue weighted by Crippen LogP contribution is -2.58. The van der Waals surface area contributed by atoms with Crippen molar-refractivity contribution in [3.8, 4) is 0 Å². The van der Waals surface area contributed by atoms with Crippen molar-refractivity contribution in [1.82, 2.24) is 20.2 Å². The molecular formula is C26H40N4O4. The molecule has 188 valence electrons. The average Bonchev–Trinajstić information content (AvgIpc) is 3.29. The van der Waals surface area contributed by atoms with Gasteiger partial charge in [0.25, 0.3) is 5.91 Å². The predicted molar refractivity (Wildman–Crippen MR) is 128 cm³/mol. The molecule has 3 fully saturated rings. The van der Waals surface area contributed by atoms with E-state index in [1.54, 1.807) is 7.11 Å². The average molecular weight is 473 g/mol. The quantitative estimate of drug-likeness (QED) is 0.660. The summed E-state index contributed by atoms with van der Waals surface area (Å²) in [6.07, 6.45) is 9.55. The van der Waals surface area contributed by atoms with Crippen molar-refractivity contribution in [3.05, 3.63) is 24.3 Å². The molecule has 2 saturated carbocycles. The number of aliphatic hydroxyl groups is 1. The molecule has 34 heavy (non-hydrogen) atoms. The summed E-state index contributed by atoms with van der Waals surface area (Å²) in [6.45, 7) is 7.75. The van der Waals surface area contributed by atoms with E-state index in [9.17, 15) is 14.7 Å². The number of amides is 2. The molecule has 1 aromatic rings. The lowest BCUT2D eigenvalue weighted by Gasteiger charge is -2.56. The molecule has 1 aliphatic heterocycles. The van der Waals surface area contributed by atoms with Gasteiger partial charge < -0.3 is 20.1 Å². The molecular weight excluding hydrogens is 432 g/mol. The van der Waals surface area contributed by atoms with Gasteiger partial charge >= 0.3 is 0 Å². The van der Waals surface area contributed by atoms with Crippen LogP contribution < -0.4 is 5.32 Å². The lowest BCUT2D eigenvalue weighted by atomic mass is 9.51. The maximum absolute atomic E-state index is 13.5. The second-order valence-corrected chi connectivity index (χ2v) is 11.0. The number of ether oxygens (including phenoxy) is 1. The monoisotopic (exact) mass is 472 g/mol. The van der Waals surface area contributed by atoms with E-state index in [4.69, 9.17) is 4.74 Å². The molecule has 3 aliphatic rings. The molecule has 0 radical (unpaired) electrons. The summed E-state index contributed by atoms with van der Waals surface area (Å²) in [4.78, 5) is 36.1. The number of carbonyl (C=O) groups excluding carboxylic acids is 2. The highest BCUT2D eigenvalue weighted by molar-refractivity contribution is 5.93. The molecule has 2 amide bonds. The molecule has 8 atom stereocenters.